The van der Waals surface area contributed by atoms with Gasteiger partial charge in [-0.2, -0.15) is 0 Å². The normalized spacial score (nSPS) is 13.7. The van der Waals surface area contributed by atoms with Gasteiger partial charge in [-0.1, -0.05) is 0 Å². The van der Waals surface area contributed by atoms with Crippen LogP contribution in [0.5, 0.6) is 5.75 Å². The van der Waals surface area contributed by atoms with Crippen molar-refractivity contribution in [3.05, 3.63) is 23.8 Å². The van der Waals surface area contributed by atoms with Gasteiger partial charge in [0.15, 0.2) is 0 Å². The van der Waals surface area contributed by atoms with Gasteiger partial charge in [0.2, 0.25) is 5.91 Å². The molecule has 1 aromatic carbocycles. The minimum absolute atomic E-state index is 0.00959. The molecule has 2 rings (SSSR count). The Morgan fingerprint density at radius 3 is 2.72 bits per heavy atom. The predicted molar refractivity (Wildman–Crippen MR) is 63.5 cm³/mol. The molecule has 94 valence electrons. The van der Waals surface area contributed by atoms with Crippen molar-refractivity contribution in [1.82, 2.24) is 0 Å². The number of Topliss-reactive ketones (excluding diaryl/α,β-unsaturated/α-hetero) is 1. The molecule has 1 aromatic rings. The number of fused-ring (bicyclic) bond motifs is 1. The molecule has 0 atom stereocenters. The van der Waals surface area contributed by atoms with E-state index in [1.165, 1.54) is 12.0 Å². The zero-order valence-corrected chi connectivity index (χ0v) is 9.80. The molecule has 0 aliphatic carbocycles. The van der Waals surface area contributed by atoms with E-state index in [0.29, 0.717) is 17.0 Å². The van der Waals surface area contributed by atoms with Gasteiger partial charge in [0.05, 0.1) is 18.4 Å². The second-order valence-electron chi connectivity index (χ2n) is 3.89. The molecule has 6 nitrogen and oxygen atoms in total. The summed E-state index contributed by atoms with van der Waals surface area (Å²) in [5, 5.41) is 0. The fourth-order valence-electron chi connectivity index (χ4n) is 1.84. The van der Waals surface area contributed by atoms with E-state index in [1.807, 2.05) is 0 Å². The molecule has 0 aromatic heterocycles. The quantitative estimate of drug-likeness (QED) is 0.765. The first-order chi connectivity index (χ1) is 8.54. The van der Waals surface area contributed by atoms with Gasteiger partial charge in [-0.15, -0.1) is 0 Å². The van der Waals surface area contributed by atoms with Crippen LogP contribution in [0, 0.1) is 0 Å². The first kappa shape index (κ1) is 12.1. The Kier molecular flexibility index (Phi) is 3.01. The lowest BCUT2D eigenvalue weighted by Crippen LogP contribution is -2.32. The Hall–Kier alpha value is -2.37. The van der Waals surface area contributed by atoms with Crippen LogP contribution in [0.4, 0.5) is 5.69 Å². The van der Waals surface area contributed by atoms with E-state index >= 15 is 0 Å². The van der Waals surface area contributed by atoms with Crippen molar-refractivity contribution in [2.45, 2.75) is 6.42 Å². The van der Waals surface area contributed by atoms with Crippen molar-refractivity contribution in [1.29, 1.82) is 0 Å². The Morgan fingerprint density at radius 2 is 2.11 bits per heavy atom. The number of benzene rings is 1. The molecule has 0 spiro atoms. The third-order valence-corrected chi connectivity index (χ3v) is 2.76. The number of anilines is 1. The fraction of sp³-hybridized carbons (Fsp3) is 0.250. The second-order valence-corrected chi connectivity index (χ2v) is 3.89. The maximum atomic E-state index is 11.8. The molecule has 6 heteroatoms. The maximum Gasteiger partial charge on any atom is 0.299 e. The summed E-state index contributed by atoms with van der Waals surface area (Å²) in [6.45, 7) is 0.0973. The van der Waals surface area contributed by atoms with E-state index in [2.05, 4.69) is 0 Å². The van der Waals surface area contributed by atoms with Crippen LogP contribution in [0.2, 0.25) is 0 Å². The van der Waals surface area contributed by atoms with E-state index in [1.54, 1.807) is 18.2 Å². The van der Waals surface area contributed by atoms with Crippen LogP contribution in [0.15, 0.2) is 18.2 Å². The highest BCUT2D eigenvalue weighted by Gasteiger charge is 2.35. The lowest BCUT2D eigenvalue weighted by atomic mass is 10.1. The number of carbonyl (C=O) groups excluding carboxylic acids is 3. The molecule has 0 bridgehead atoms. The van der Waals surface area contributed by atoms with E-state index < -0.39 is 17.6 Å². The number of carbonyl (C=O) groups is 3. The predicted octanol–water partition coefficient (Wildman–Crippen LogP) is 0.0999. The average Bonchev–Trinajstić information content (AvgIpc) is 2.59. The Morgan fingerprint density at radius 1 is 1.39 bits per heavy atom. The van der Waals surface area contributed by atoms with E-state index in [-0.39, 0.29) is 13.0 Å². The minimum Gasteiger partial charge on any atom is -0.497 e. The van der Waals surface area contributed by atoms with Gasteiger partial charge >= 0.3 is 0 Å². The summed E-state index contributed by atoms with van der Waals surface area (Å²) < 4.78 is 5.04. The summed E-state index contributed by atoms with van der Waals surface area (Å²) in [4.78, 5) is 35.5. The van der Waals surface area contributed by atoms with Gasteiger partial charge in [0.25, 0.3) is 11.7 Å². The van der Waals surface area contributed by atoms with Crippen LogP contribution in [0.3, 0.4) is 0 Å². The summed E-state index contributed by atoms with van der Waals surface area (Å²) in [5.41, 5.74) is 5.83. The molecular weight excluding hydrogens is 236 g/mol. The van der Waals surface area contributed by atoms with Gasteiger partial charge in [-0.05, 0) is 12.1 Å². The molecule has 2 N–H and O–H groups in total. The summed E-state index contributed by atoms with van der Waals surface area (Å²) in [6, 6.07) is 4.75. The molecule has 1 aliphatic rings. The van der Waals surface area contributed by atoms with Crippen LogP contribution < -0.4 is 15.4 Å². The molecule has 1 aliphatic heterocycles. The van der Waals surface area contributed by atoms with Gasteiger partial charge in [-0.25, -0.2) is 0 Å². The number of ether oxygens (including phenoxy) is 1. The summed E-state index contributed by atoms with van der Waals surface area (Å²) >= 11 is 0. The van der Waals surface area contributed by atoms with Crippen molar-refractivity contribution in [2.24, 2.45) is 5.73 Å². The summed E-state index contributed by atoms with van der Waals surface area (Å²) in [7, 11) is 1.49. The second kappa shape index (κ2) is 4.48. The summed E-state index contributed by atoms with van der Waals surface area (Å²) in [5.74, 6) is -1.19. The molecule has 2 amide bonds. The standard InChI is InChI=1S/C12H12N2O4/c1-18-7-2-3-8-9(6-7)14(5-4-10(13)15)12(17)11(8)16/h2-3,6H,4-5H2,1H3,(H2,13,15). The molecular formula is C12H12N2O4. The fourth-order valence-corrected chi connectivity index (χ4v) is 1.84. The summed E-state index contributed by atoms with van der Waals surface area (Å²) in [6.07, 6.45) is 0.00959. The lowest BCUT2D eigenvalue weighted by molar-refractivity contribution is -0.118. The number of nitrogens with two attached hydrogens (primary N) is 1. The van der Waals surface area contributed by atoms with E-state index in [9.17, 15) is 14.4 Å². The molecule has 18 heavy (non-hydrogen) atoms. The largest absolute Gasteiger partial charge is 0.497 e. The highest BCUT2D eigenvalue weighted by atomic mass is 16.5. The average molecular weight is 248 g/mol. The Labute approximate surface area is 103 Å². The van der Waals surface area contributed by atoms with Crippen LogP contribution in [0.1, 0.15) is 16.8 Å². The molecule has 0 fully saturated rings. The third kappa shape index (κ3) is 1.92. The first-order valence-corrected chi connectivity index (χ1v) is 5.37. The molecule has 0 saturated carbocycles. The van der Waals surface area contributed by atoms with Gasteiger partial charge in [0, 0.05) is 19.0 Å². The molecule has 0 saturated heterocycles. The molecule has 1 heterocycles. The number of rotatable bonds is 4. The van der Waals surface area contributed by atoms with E-state index in [4.69, 9.17) is 10.5 Å². The van der Waals surface area contributed by atoms with Crippen molar-refractivity contribution >= 4 is 23.3 Å². The zero-order valence-electron chi connectivity index (χ0n) is 9.80. The van der Waals surface area contributed by atoms with Gasteiger partial charge in [-0.3, -0.25) is 14.4 Å². The van der Waals surface area contributed by atoms with Crippen LogP contribution in [0.25, 0.3) is 0 Å². The number of primary amides is 1. The minimum atomic E-state index is -0.639. The number of hydrogen-bond donors (Lipinski definition) is 1. The van der Waals surface area contributed by atoms with Crippen LogP contribution in [-0.2, 0) is 9.59 Å². The van der Waals surface area contributed by atoms with Crippen LogP contribution >= 0.6 is 0 Å². The Balaban J connectivity index is 2.36. The number of ketones is 1. The van der Waals surface area contributed by atoms with Crippen molar-refractivity contribution < 1.29 is 19.1 Å². The zero-order chi connectivity index (χ0) is 13.3. The number of nitrogens with zero attached hydrogens (tertiary/aromatic N) is 1. The highest BCUT2D eigenvalue weighted by molar-refractivity contribution is 6.52. The van der Waals surface area contributed by atoms with Crippen molar-refractivity contribution in [3.63, 3.8) is 0 Å². The Bertz CT molecular complexity index is 539. The monoisotopic (exact) mass is 248 g/mol. The van der Waals surface area contributed by atoms with Gasteiger partial charge in [0.1, 0.15) is 5.75 Å². The van der Waals surface area contributed by atoms with Crippen molar-refractivity contribution in [3.8, 4) is 5.75 Å². The van der Waals surface area contributed by atoms with Crippen LogP contribution in [-0.4, -0.2) is 31.3 Å². The maximum absolute atomic E-state index is 11.8. The number of hydrogen-bond acceptors (Lipinski definition) is 4. The smallest absolute Gasteiger partial charge is 0.299 e. The molecule has 0 unspecified atom stereocenters. The SMILES string of the molecule is COc1ccc2c(c1)N(CCC(N)=O)C(=O)C2=O. The third-order valence-electron chi connectivity index (χ3n) is 2.76. The van der Waals surface area contributed by atoms with Gasteiger partial charge < -0.3 is 15.4 Å². The number of amides is 2. The van der Waals surface area contributed by atoms with E-state index in [0.717, 1.165) is 0 Å². The highest BCUT2D eigenvalue weighted by Crippen LogP contribution is 2.32. The first-order valence-electron chi connectivity index (χ1n) is 5.37. The lowest BCUT2D eigenvalue weighted by Gasteiger charge is -2.15. The molecule has 0 radical (unpaired) electrons. The van der Waals surface area contributed by atoms with Crippen molar-refractivity contribution in [2.75, 3.05) is 18.6 Å². The topological polar surface area (TPSA) is 89.7 Å². The number of methoxy groups -OCH3 is 1.